The molecule has 0 aliphatic heterocycles. The number of benzene rings is 1. The predicted octanol–water partition coefficient (Wildman–Crippen LogP) is 3.04. The van der Waals surface area contributed by atoms with E-state index < -0.39 is 0 Å². The van der Waals surface area contributed by atoms with Crippen LogP contribution in [0.2, 0.25) is 10.0 Å². The molecule has 5 heteroatoms. The summed E-state index contributed by atoms with van der Waals surface area (Å²) in [6, 6.07) is 7.54. The first-order valence-corrected chi connectivity index (χ1v) is 5.96. The second-order valence-corrected chi connectivity index (χ2v) is 4.60. The predicted molar refractivity (Wildman–Crippen MR) is 71.5 cm³/mol. The van der Waals surface area contributed by atoms with Crippen LogP contribution in [0.5, 0.6) is 0 Å². The second-order valence-electron chi connectivity index (χ2n) is 3.75. The first kappa shape index (κ1) is 12.9. The van der Waals surface area contributed by atoms with Crippen molar-refractivity contribution in [1.82, 2.24) is 4.57 Å². The molecule has 3 nitrogen and oxygen atoms in total. The zero-order valence-electron chi connectivity index (χ0n) is 9.27. The number of pyridine rings is 1. The first-order valence-electron chi connectivity index (χ1n) is 5.20. The second kappa shape index (κ2) is 5.38. The van der Waals surface area contributed by atoms with Crippen LogP contribution >= 0.6 is 23.2 Å². The molecule has 0 N–H and O–H groups in total. The van der Waals surface area contributed by atoms with E-state index >= 15 is 0 Å². The molecule has 18 heavy (non-hydrogen) atoms. The third kappa shape index (κ3) is 3.00. The molecule has 1 aromatic carbocycles. The summed E-state index contributed by atoms with van der Waals surface area (Å²) in [7, 11) is 0. The third-order valence-corrected chi connectivity index (χ3v) is 2.98. The van der Waals surface area contributed by atoms with Crippen molar-refractivity contribution >= 4 is 29.0 Å². The molecule has 0 spiro atoms. The minimum Gasteiger partial charge on any atom is -0.346 e. The van der Waals surface area contributed by atoms with Crippen molar-refractivity contribution in [3.8, 4) is 0 Å². The summed E-state index contributed by atoms with van der Waals surface area (Å²) in [6.45, 7) is 0.111. The minimum absolute atomic E-state index is 0.0977. The first-order chi connectivity index (χ1) is 8.56. The molecule has 0 atom stereocenters. The molecule has 1 heterocycles. The minimum atomic E-state index is -0.161. The lowest BCUT2D eigenvalue weighted by molar-refractivity contribution is 0.0972. The summed E-state index contributed by atoms with van der Waals surface area (Å²) < 4.78 is 1.61. The van der Waals surface area contributed by atoms with Crippen LogP contribution in [0.15, 0.2) is 47.5 Å². The zero-order valence-corrected chi connectivity index (χ0v) is 10.8. The number of hydrogen-bond donors (Lipinski definition) is 0. The topological polar surface area (TPSA) is 39.1 Å². The Morgan fingerprint density at radius 2 is 1.78 bits per heavy atom. The summed E-state index contributed by atoms with van der Waals surface area (Å²) in [6.07, 6.45) is 3.11. The van der Waals surface area contributed by atoms with Crippen LogP contribution in [0, 0.1) is 0 Å². The largest absolute Gasteiger partial charge is 0.346 e. The van der Waals surface area contributed by atoms with Gasteiger partial charge in [-0.15, -0.1) is 0 Å². The normalized spacial score (nSPS) is 10.3. The number of nitrogens with zero attached hydrogens (tertiary/aromatic N) is 1. The molecule has 2 aromatic rings. The Kier molecular flexibility index (Phi) is 3.84. The number of carbonyl (C=O) groups is 1. The van der Waals surface area contributed by atoms with Crippen LogP contribution in [-0.4, -0.2) is 10.4 Å². The standard InChI is InChI=1S/C13H9Cl2NO2/c14-9-1-2-12(15)11(7-9)13(18)8-16-5-3-10(17)4-6-16/h1-7H,8H2. The van der Waals surface area contributed by atoms with Crippen LogP contribution in [0.1, 0.15) is 10.4 Å². The summed E-state index contributed by atoms with van der Waals surface area (Å²) >= 11 is 11.8. The third-order valence-electron chi connectivity index (χ3n) is 2.42. The maximum atomic E-state index is 12.0. The fraction of sp³-hybridized carbons (Fsp3) is 0.0769. The van der Waals surface area contributed by atoms with Gasteiger partial charge in [-0.25, -0.2) is 0 Å². The molecule has 0 amide bonds. The number of aromatic nitrogens is 1. The Morgan fingerprint density at radius 1 is 1.11 bits per heavy atom. The van der Waals surface area contributed by atoms with Crippen molar-refractivity contribution in [2.75, 3.05) is 0 Å². The molecule has 1 aromatic heterocycles. The van der Waals surface area contributed by atoms with Gasteiger partial charge in [-0.05, 0) is 18.2 Å². The highest BCUT2D eigenvalue weighted by molar-refractivity contribution is 6.35. The molecule has 0 aliphatic carbocycles. The smallest absolute Gasteiger partial charge is 0.184 e. The van der Waals surface area contributed by atoms with Gasteiger partial charge in [-0.2, -0.15) is 0 Å². The molecule has 0 fully saturated rings. The van der Waals surface area contributed by atoms with Gasteiger partial charge in [0, 0.05) is 35.1 Å². The van der Waals surface area contributed by atoms with Crippen molar-refractivity contribution in [3.05, 3.63) is 68.6 Å². The van der Waals surface area contributed by atoms with E-state index in [1.54, 1.807) is 29.1 Å². The number of hydrogen-bond acceptors (Lipinski definition) is 2. The maximum Gasteiger partial charge on any atom is 0.184 e. The van der Waals surface area contributed by atoms with E-state index in [2.05, 4.69) is 0 Å². The van der Waals surface area contributed by atoms with E-state index in [0.29, 0.717) is 15.6 Å². The number of rotatable bonds is 3. The Hall–Kier alpha value is -1.58. The molecule has 0 saturated heterocycles. The van der Waals surface area contributed by atoms with Crippen LogP contribution in [0.4, 0.5) is 0 Å². The lowest BCUT2D eigenvalue weighted by atomic mass is 10.1. The number of ketones is 1. The monoisotopic (exact) mass is 281 g/mol. The van der Waals surface area contributed by atoms with Gasteiger partial charge in [0.25, 0.3) is 0 Å². The summed E-state index contributed by atoms with van der Waals surface area (Å²) in [5, 5.41) is 0.827. The summed E-state index contributed by atoms with van der Waals surface area (Å²) in [5.41, 5.74) is 0.280. The number of carbonyl (C=O) groups excluding carboxylic acids is 1. The van der Waals surface area contributed by atoms with E-state index in [-0.39, 0.29) is 17.8 Å². The molecular weight excluding hydrogens is 273 g/mol. The highest BCUT2D eigenvalue weighted by Crippen LogP contribution is 2.21. The van der Waals surface area contributed by atoms with E-state index in [1.165, 1.54) is 18.2 Å². The van der Waals surface area contributed by atoms with Crippen LogP contribution in [-0.2, 0) is 6.54 Å². The quantitative estimate of drug-likeness (QED) is 0.812. The molecule has 0 aliphatic rings. The highest BCUT2D eigenvalue weighted by atomic mass is 35.5. The Bertz CT molecular complexity index is 629. The average molecular weight is 282 g/mol. The lowest BCUT2D eigenvalue weighted by Gasteiger charge is -2.06. The van der Waals surface area contributed by atoms with Gasteiger partial charge < -0.3 is 4.57 Å². The summed E-state index contributed by atoms with van der Waals surface area (Å²) in [4.78, 5) is 23.0. The molecule has 0 bridgehead atoms. The van der Waals surface area contributed by atoms with Crippen LogP contribution in [0.3, 0.4) is 0 Å². The van der Waals surface area contributed by atoms with E-state index in [1.807, 2.05) is 0 Å². The van der Waals surface area contributed by atoms with E-state index in [4.69, 9.17) is 23.2 Å². The lowest BCUT2D eigenvalue weighted by Crippen LogP contribution is -2.12. The van der Waals surface area contributed by atoms with Crippen molar-refractivity contribution in [1.29, 1.82) is 0 Å². The fourth-order valence-electron chi connectivity index (χ4n) is 1.51. The molecule has 0 radical (unpaired) electrons. The molecule has 92 valence electrons. The van der Waals surface area contributed by atoms with Gasteiger partial charge in [0.05, 0.1) is 11.6 Å². The van der Waals surface area contributed by atoms with Gasteiger partial charge >= 0.3 is 0 Å². The van der Waals surface area contributed by atoms with Gasteiger partial charge in [0.1, 0.15) is 0 Å². The zero-order chi connectivity index (χ0) is 13.1. The van der Waals surface area contributed by atoms with Gasteiger partial charge in [0.15, 0.2) is 11.2 Å². The van der Waals surface area contributed by atoms with Crippen molar-refractivity contribution in [2.24, 2.45) is 0 Å². The van der Waals surface area contributed by atoms with Crippen molar-refractivity contribution in [2.45, 2.75) is 6.54 Å². The van der Waals surface area contributed by atoms with Gasteiger partial charge in [-0.3, -0.25) is 9.59 Å². The molecule has 0 saturated carbocycles. The Balaban J connectivity index is 2.24. The van der Waals surface area contributed by atoms with Crippen LogP contribution < -0.4 is 5.43 Å². The highest BCUT2D eigenvalue weighted by Gasteiger charge is 2.11. The van der Waals surface area contributed by atoms with E-state index in [9.17, 15) is 9.59 Å². The van der Waals surface area contributed by atoms with Gasteiger partial charge in [-0.1, -0.05) is 23.2 Å². The Labute approximate surface area is 114 Å². The Morgan fingerprint density at radius 3 is 2.44 bits per heavy atom. The van der Waals surface area contributed by atoms with Crippen molar-refractivity contribution in [3.63, 3.8) is 0 Å². The summed E-state index contributed by atoms with van der Waals surface area (Å²) in [5.74, 6) is -0.161. The van der Waals surface area contributed by atoms with Crippen LogP contribution in [0.25, 0.3) is 0 Å². The molecular formula is C13H9Cl2NO2. The SMILES string of the molecule is O=C(Cn1ccc(=O)cc1)c1cc(Cl)ccc1Cl. The van der Waals surface area contributed by atoms with Crippen molar-refractivity contribution < 1.29 is 4.79 Å². The molecule has 0 unspecified atom stereocenters. The number of Topliss-reactive ketones (excluding diaryl/α,β-unsaturated/α-hetero) is 1. The average Bonchev–Trinajstić information content (AvgIpc) is 2.35. The molecule has 2 rings (SSSR count). The maximum absolute atomic E-state index is 12.0. The fourth-order valence-corrected chi connectivity index (χ4v) is 1.91. The van der Waals surface area contributed by atoms with E-state index in [0.717, 1.165) is 0 Å². The number of halogens is 2. The van der Waals surface area contributed by atoms with Gasteiger partial charge in [0.2, 0.25) is 0 Å².